The number of rotatable bonds is 7. The maximum absolute atomic E-state index is 11.9. The Morgan fingerprint density at radius 2 is 2.11 bits per heavy atom. The third-order valence-electron chi connectivity index (χ3n) is 2.58. The molecule has 0 spiro atoms. The zero-order valence-electron chi connectivity index (χ0n) is 10.8. The van der Waals surface area contributed by atoms with Gasteiger partial charge >= 0.3 is 0 Å². The first-order valence-corrected chi connectivity index (χ1v) is 6.27. The van der Waals surface area contributed by atoms with Gasteiger partial charge in [-0.3, -0.25) is 4.79 Å². The van der Waals surface area contributed by atoms with E-state index in [-0.39, 0.29) is 5.91 Å². The van der Waals surface area contributed by atoms with E-state index in [2.05, 4.69) is 10.6 Å². The standard InChI is InChI=1S/C13H19ClN2O2/c1-10-11(4-3-5-12(10)14)13(17)16-7-6-15-8-9-18-2/h3-5,15H,6-9H2,1-2H3,(H,16,17). The van der Waals surface area contributed by atoms with Crippen molar-refractivity contribution in [2.24, 2.45) is 0 Å². The lowest BCUT2D eigenvalue weighted by molar-refractivity contribution is 0.0953. The molecule has 0 saturated carbocycles. The van der Waals surface area contributed by atoms with Crippen LogP contribution in [0.3, 0.4) is 0 Å². The van der Waals surface area contributed by atoms with Gasteiger partial charge in [0.25, 0.3) is 5.91 Å². The van der Waals surface area contributed by atoms with Gasteiger partial charge in [-0.15, -0.1) is 0 Å². The first-order valence-electron chi connectivity index (χ1n) is 5.89. The van der Waals surface area contributed by atoms with Crippen LogP contribution in [0.15, 0.2) is 18.2 Å². The first-order chi connectivity index (χ1) is 8.66. The number of hydrogen-bond acceptors (Lipinski definition) is 3. The number of amides is 1. The smallest absolute Gasteiger partial charge is 0.251 e. The summed E-state index contributed by atoms with van der Waals surface area (Å²) in [5.74, 6) is -0.0939. The van der Waals surface area contributed by atoms with Crippen molar-refractivity contribution in [1.82, 2.24) is 10.6 Å². The number of halogens is 1. The predicted octanol–water partition coefficient (Wildman–Crippen LogP) is 1.61. The van der Waals surface area contributed by atoms with Crippen LogP contribution >= 0.6 is 11.6 Å². The fourth-order valence-electron chi connectivity index (χ4n) is 1.51. The van der Waals surface area contributed by atoms with Crippen molar-refractivity contribution in [2.45, 2.75) is 6.92 Å². The summed E-state index contributed by atoms with van der Waals surface area (Å²) in [7, 11) is 1.66. The molecule has 5 heteroatoms. The quantitative estimate of drug-likeness (QED) is 0.740. The van der Waals surface area contributed by atoms with Crippen LogP contribution in [0.1, 0.15) is 15.9 Å². The molecule has 18 heavy (non-hydrogen) atoms. The highest BCUT2D eigenvalue weighted by molar-refractivity contribution is 6.31. The second-order valence-corrected chi connectivity index (χ2v) is 4.32. The van der Waals surface area contributed by atoms with Crippen molar-refractivity contribution < 1.29 is 9.53 Å². The predicted molar refractivity (Wildman–Crippen MR) is 73.3 cm³/mol. The van der Waals surface area contributed by atoms with E-state index in [1.165, 1.54) is 0 Å². The van der Waals surface area contributed by atoms with Gasteiger partial charge in [0.05, 0.1) is 6.61 Å². The zero-order valence-corrected chi connectivity index (χ0v) is 11.5. The lowest BCUT2D eigenvalue weighted by Crippen LogP contribution is -2.33. The molecule has 0 aromatic heterocycles. The molecular formula is C13H19ClN2O2. The Hall–Kier alpha value is -1.10. The summed E-state index contributed by atoms with van der Waals surface area (Å²) < 4.78 is 4.90. The van der Waals surface area contributed by atoms with E-state index in [0.717, 1.165) is 12.1 Å². The molecule has 0 aliphatic rings. The summed E-state index contributed by atoms with van der Waals surface area (Å²) in [5, 5.41) is 6.61. The van der Waals surface area contributed by atoms with Crippen LogP contribution in [0.25, 0.3) is 0 Å². The summed E-state index contributed by atoms with van der Waals surface area (Å²) in [6.45, 7) is 4.58. The Bertz CT molecular complexity index is 397. The van der Waals surface area contributed by atoms with Crippen molar-refractivity contribution in [1.29, 1.82) is 0 Å². The fraction of sp³-hybridized carbons (Fsp3) is 0.462. The average molecular weight is 271 g/mol. The van der Waals surface area contributed by atoms with Gasteiger partial charge in [-0.05, 0) is 24.6 Å². The molecule has 1 aromatic rings. The molecule has 0 unspecified atom stereocenters. The number of carbonyl (C=O) groups excluding carboxylic acids is 1. The van der Waals surface area contributed by atoms with Gasteiger partial charge in [0, 0.05) is 37.3 Å². The first kappa shape index (κ1) is 15.0. The van der Waals surface area contributed by atoms with E-state index < -0.39 is 0 Å². The third-order valence-corrected chi connectivity index (χ3v) is 2.99. The number of carbonyl (C=O) groups is 1. The van der Waals surface area contributed by atoms with Gasteiger partial charge in [-0.2, -0.15) is 0 Å². The van der Waals surface area contributed by atoms with Gasteiger partial charge < -0.3 is 15.4 Å². The van der Waals surface area contributed by atoms with Crippen LogP contribution < -0.4 is 10.6 Å². The van der Waals surface area contributed by atoms with Gasteiger partial charge in [0.1, 0.15) is 0 Å². The molecule has 0 aliphatic carbocycles. The Balaban J connectivity index is 2.35. The lowest BCUT2D eigenvalue weighted by Gasteiger charge is -2.09. The van der Waals surface area contributed by atoms with Gasteiger partial charge in [0.15, 0.2) is 0 Å². The Morgan fingerprint density at radius 3 is 2.83 bits per heavy atom. The second kappa shape index (κ2) is 8.08. The molecule has 0 heterocycles. The number of methoxy groups -OCH3 is 1. The van der Waals surface area contributed by atoms with Crippen LogP contribution in [0.4, 0.5) is 0 Å². The van der Waals surface area contributed by atoms with E-state index in [4.69, 9.17) is 16.3 Å². The largest absolute Gasteiger partial charge is 0.383 e. The topological polar surface area (TPSA) is 50.4 Å². The molecular weight excluding hydrogens is 252 g/mol. The normalized spacial score (nSPS) is 10.4. The van der Waals surface area contributed by atoms with E-state index in [1.54, 1.807) is 25.3 Å². The molecule has 0 fully saturated rings. The van der Waals surface area contributed by atoms with E-state index in [9.17, 15) is 4.79 Å². The monoisotopic (exact) mass is 270 g/mol. The van der Waals surface area contributed by atoms with Crippen molar-refractivity contribution in [2.75, 3.05) is 33.4 Å². The molecule has 0 bridgehead atoms. The summed E-state index contributed by atoms with van der Waals surface area (Å²) in [6, 6.07) is 5.33. The van der Waals surface area contributed by atoms with Crippen molar-refractivity contribution in [3.63, 3.8) is 0 Å². The minimum atomic E-state index is -0.0939. The number of nitrogens with one attached hydrogen (secondary N) is 2. The number of ether oxygens (including phenoxy) is 1. The van der Waals surface area contributed by atoms with Gasteiger partial charge in [-0.1, -0.05) is 17.7 Å². The number of benzene rings is 1. The fourth-order valence-corrected chi connectivity index (χ4v) is 1.69. The SMILES string of the molecule is COCCNCCNC(=O)c1cccc(Cl)c1C. The maximum atomic E-state index is 11.9. The van der Waals surface area contributed by atoms with Crippen LogP contribution in [0.2, 0.25) is 5.02 Å². The molecule has 0 saturated heterocycles. The molecule has 2 N–H and O–H groups in total. The summed E-state index contributed by atoms with van der Waals surface area (Å²) in [4.78, 5) is 11.9. The Kier molecular flexibility index (Phi) is 6.72. The van der Waals surface area contributed by atoms with Crippen LogP contribution in [-0.4, -0.2) is 39.3 Å². The molecule has 4 nitrogen and oxygen atoms in total. The van der Waals surface area contributed by atoms with Crippen LogP contribution in [0.5, 0.6) is 0 Å². The van der Waals surface area contributed by atoms with E-state index >= 15 is 0 Å². The van der Waals surface area contributed by atoms with Crippen molar-refractivity contribution >= 4 is 17.5 Å². The lowest BCUT2D eigenvalue weighted by atomic mass is 10.1. The Morgan fingerprint density at radius 1 is 1.33 bits per heavy atom. The molecule has 1 amide bonds. The summed E-state index contributed by atoms with van der Waals surface area (Å²) in [6.07, 6.45) is 0. The maximum Gasteiger partial charge on any atom is 0.251 e. The van der Waals surface area contributed by atoms with Crippen molar-refractivity contribution in [3.8, 4) is 0 Å². The third kappa shape index (κ3) is 4.64. The molecule has 0 radical (unpaired) electrons. The highest BCUT2D eigenvalue weighted by Gasteiger charge is 2.09. The molecule has 1 rings (SSSR count). The number of hydrogen-bond donors (Lipinski definition) is 2. The summed E-state index contributed by atoms with van der Waals surface area (Å²) in [5.41, 5.74) is 1.43. The molecule has 0 aliphatic heterocycles. The van der Waals surface area contributed by atoms with E-state index in [1.807, 2.05) is 6.92 Å². The highest BCUT2D eigenvalue weighted by atomic mass is 35.5. The molecule has 0 atom stereocenters. The molecule has 100 valence electrons. The minimum Gasteiger partial charge on any atom is -0.383 e. The highest BCUT2D eigenvalue weighted by Crippen LogP contribution is 2.18. The van der Waals surface area contributed by atoms with Crippen molar-refractivity contribution in [3.05, 3.63) is 34.3 Å². The Labute approximate surface area is 113 Å². The zero-order chi connectivity index (χ0) is 13.4. The van der Waals surface area contributed by atoms with Gasteiger partial charge in [-0.25, -0.2) is 0 Å². The minimum absolute atomic E-state index is 0.0939. The summed E-state index contributed by atoms with van der Waals surface area (Å²) >= 11 is 5.97. The van der Waals surface area contributed by atoms with Gasteiger partial charge in [0.2, 0.25) is 0 Å². The van der Waals surface area contributed by atoms with Crippen LogP contribution in [-0.2, 0) is 4.74 Å². The second-order valence-electron chi connectivity index (χ2n) is 3.91. The average Bonchev–Trinajstić information content (AvgIpc) is 2.36. The van der Waals surface area contributed by atoms with E-state index in [0.29, 0.717) is 30.3 Å². The van der Waals surface area contributed by atoms with Crippen LogP contribution in [0, 0.1) is 6.92 Å². The molecule has 1 aromatic carbocycles.